The Morgan fingerprint density at radius 2 is 1.88 bits per heavy atom. The molecule has 0 spiro atoms. The quantitative estimate of drug-likeness (QED) is 0.648. The molecule has 0 atom stereocenters. The van der Waals surface area contributed by atoms with Gasteiger partial charge in [0, 0.05) is 31.3 Å². The zero-order valence-electron chi connectivity index (χ0n) is 14.0. The Bertz CT molecular complexity index is 672. The number of carbonyl (C=O) groups excluding carboxylic acids is 1. The van der Waals surface area contributed by atoms with E-state index in [2.05, 4.69) is 10.3 Å². The smallest absolute Gasteiger partial charge is 0.303 e. The number of nitrogens with one attached hydrogen (secondary N) is 1. The van der Waals surface area contributed by atoms with Crippen LogP contribution in [0.15, 0.2) is 48.7 Å². The summed E-state index contributed by atoms with van der Waals surface area (Å²) in [5.41, 5.74) is 1.88. The first-order chi connectivity index (χ1) is 12.1. The number of carboxylic acid groups (broad SMARTS) is 1. The zero-order chi connectivity index (χ0) is 17.9. The summed E-state index contributed by atoms with van der Waals surface area (Å²) >= 11 is 0. The number of rotatable bonds is 10. The summed E-state index contributed by atoms with van der Waals surface area (Å²) in [5, 5.41) is 11.4. The number of ether oxygens (including phenoxy) is 1. The Balaban J connectivity index is 1.66. The Morgan fingerprint density at radius 1 is 1.08 bits per heavy atom. The van der Waals surface area contributed by atoms with Crippen LogP contribution in [0.1, 0.15) is 30.5 Å². The molecule has 132 valence electrons. The van der Waals surface area contributed by atoms with E-state index in [1.165, 1.54) is 0 Å². The number of aromatic nitrogens is 1. The SMILES string of the molecule is O=C(O)CCCOc1ccc(CNC(=O)CCc2ccccn2)cc1. The van der Waals surface area contributed by atoms with Crippen LogP contribution in [0.3, 0.4) is 0 Å². The molecule has 0 radical (unpaired) electrons. The van der Waals surface area contributed by atoms with Gasteiger partial charge in [0.1, 0.15) is 5.75 Å². The van der Waals surface area contributed by atoms with Gasteiger partial charge in [-0.1, -0.05) is 18.2 Å². The van der Waals surface area contributed by atoms with Gasteiger partial charge in [-0.3, -0.25) is 14.6 Å². The summed E-state index contributed by atoms with van der Waals surface area (Å²) in [6, 6.07) is 13.1. The molecule has 2 rings (SSSR count). The Labute approximate surface area is 146 Å². The minimum absolute atomic E-state index is 0.0142. The molecule has 1 amide bonds. The number of amides is 1. The second-order valence-electron chi connectivity index (χ2n) is 5.59. The van der Waals surface area contributed by atoms with Crippen LogP contribution in [0, 0.1) is 0 Å². The molecular weight excluding hydrogens is 320 g/mol. The second-order valence-corrected chi connectivity index (χ2v) is 5.59. The van der Waals surface area contributed by atoms with Crippen molar-refractivity contribution in [3.05, 3.63) is 59.9 Å². The average Bonchev–Trinajstić information content (AvgIpc) is 2.63. The summed E-state index contributed by atoms with van der Waals surface area (Å²) < 4.78 is 5.47. The number of carboxylic acids is 1. The molecule has 6 heteroatoms. The number of hydrogen-bond donors (Lipinski definition) is 2. The third-order valence-corrected chi connectivity index (χ3v) is 3.55. The molecule has 0 aliphatic heterocycles. The molecule has 25 heavy (non-hydrogen) atoms. The first-order valence-corrected chi connectivity index (χ1v) is 8.23. The number of benzene rings is 1. The fraction of sp³-hybridized carbons (Fsp3) is 0.316. The molecule has 0 saturated carbocycles. The van der Waals surface area contributed by atoms with Crippen molar-refractivity contribution >= 4 is 11.9 Å². The van der Waals surface area contributed by atoms with Gasteiger partial charge in [-0.25, -0.2) is 0 Å². The van der Waals surface area contributed by atoms with Gasteiger partial charge in [0.15, 0.2) is 0 Å². The maximum atomic E-state index is 11.9. The van der Waals surface area contributed by atoms with Crippen LogP contribution in [-0.2, 0) is 22.6 Å². The van der Waals surface area contributed by atoms with Crippen LogP contribution < -0.4 is 10.1 Å². The van der Waals surface area contributed by atoms with Crippen LogP contribution >= 0.6 is 0 Å². The number of pyridine rings is 1. The molecule has 6 nitrogen and oxygen atoms in total. The van der Waals surface area contributed by atoms with Crippen molar-refractivity contribution in [2.24, 2.45) is 0 Å². The monoisotopic (exact) mass is 342 g/mol. The predicted molar refractivity (Wildman–Crippen MR) is 93.2 cm³/mol. The summed E-state index contributed by atoms with van der Waals surface area (Å²) in [6.45, 7) is 0.830. The van der Waals surface area contributed by atoms with Crippen LogP contribution in [0.5, 0.6) is 5.75 Å². The minimum Gasteiger partial charge on any atom is -0.494 e. The molecule has 2 aromatic rings. The molecular formula is C19H22N2O4. The second kappa shape index (κ2) is 10.1. The fourth-order valence-electron chi connectivity index (χ4n) is 2.19. The van der Waals surface area contributed by atoms with Crippen LogP contribution in [0.4, 0.5) is 0 Å². The Kier molecular flexibility index (Phi) is 7.43. The van der Waals surface area contributed by atoms with E-state index in [1.807, 2.05) is 42.5 Å². The van der Waals surface area contributed by atoms with Gasteiger partial charge in [0.2, 0.25) is 5.91 Å². The summed E-state index contributed by atoms with van der Waals surface area (Å²) in [5.74, 6) is -0.145. The molecule has 0 bridgehead atoms. The van der Waals surface area contributed by atoms with Gasteiger partial charge in [0.25, 0.3) is 0 Å². The van der Waals surface area contributed by atoms with Crippen LogP contribution in [0.2, 0.25) is 0 Å². The maximum absolute atomic E-state index is 11.9. The van der Waals surface area contributed by atoms with Crippen molar-refractivity contribution in [1.82, 2.24) is 10.3 Å². The summed E-state index contributed by atoms with van der Waals surface area (Å²) in [4.78, 5) is 26.5. The number of aliphatic carboxylic acids is 1. The lowest BCUT2D eigenvalue weighted by atomic mass is 10.2. The maximum Gasteiger partial charge on any atom is 0.303 e. The Hall–Kier alpha value is -2.89. The summed E-state index contributed by atoms with van der Waals surface area (Å²) in [7, 11) is 0. The van der Waals surface area contributed by atoms with Gasteiger partial charge in [-0.15, -0.1) is 0 Å². The van der Waals surface area contributed by atoms with Crippen molar-refractivity contribution < 1.29 is 19.4 Å². The highest BCUT2D eigenvalue weighted by Crippen LogP contribution is 2.12. The molecule has 0 fully saturated rings. The van der Waals surface area contributed by atoms with E-state index < -0.39 is 5.97 Å². The van der Waals surface area contributed by atoms with E-state index in [-0.39, 0.29) is 12.3 Å². The van der Waals surface area contributed by atoms with E-state index >= 15 is 0 Å². The molecule has 2 N–H and O–H groups in total. The van der Waals surface area contributed by atoms with E-state index in [0.717, 1.165) is 11.3 Å². The molecule has 1 aromatic heterocycles. The third kappa shape index (κ3) is 7.48. The number of nitrogens with zero attached hydrogens (tertiary/aromatic N) is 1. The van der Waals surface area contributed by atoms with Crippen molar-refractivity contribution in [3.63, 3.8) is 0 Å². The van der Waals surface area contributed by atoms with E-state index in [4.69, 9.17) is 9.84 Å². The average molecular weight is 342 g/mol. The van der Waals surface area contributed by atoms with Crippen molar-refractivity contribution in [2.45, 2.75) is 32.2 Å². The third-order valence-electron chi connectivity index (χ3n) is 3.55. The van der Waals surface area contributed by atoms with Crippen LogP contribution in [0.25, 0.3) is 0 Å². The largest absolute Gasteiger partial charge is 0.494 e. The van der Waals surface area contributed by atoms with Crippen molar-refractivity contribution in [2.75, 3.05) is 6.61 Å². The molecule has 0 aliphatic rings. The zero-order valence-corrected chi connectivity index (χ0v) is 14.0. The lowest BCUT2D eigenvalue weighted by Gasteiger charge is -2.08. The van der Waals surface area contributed by atoms with E-state index in [9.17, 15) is 9.59 Å². The van der Waals surface area contributed by atoms with Gasteiger partial charge in [-0.05, 0) is 42.7 Å². The molecule has 1 heterocycles. The standard InChI is InChI=1S/C19H22N2O4/c22-18(11-8-16-4-1-2-12-20-16)21-14-15-6-9-17(10-7-15)25-13-3-5-19(23)24/h1-2,4,6-7,9-10,12H,3,5,8,11,13-14H2,(H,21,22)(H,23,24). The van der Waals surface area contributed by atoms with Crippen molar-refractivity contribution in [1.29, 1.82) is 0 Å². The van der Waals surface area contributed by atoms with E-state index in [0.29, 0.717) is 38.2 Å². The van der Waals surface area contributed by atoms with Crippen molar-refractivity contribution in [3.8, 4) is 5.75 Å². The molecule has 0 saturated heterocycles. The van der Waals surface area contributed by atoms with Gasteiger partial charge >= 0.3 is 5.97 Å². The first-order valence-electron chi connectivity index (χ1n) is 8.23. The number of carbonyl (C=O) groups is 2. The van der Waals surface area contributed by atoms with Gasteiger partial charge in [0.05, 0.1) is 6.61 Å². The highest BCUT2D eigenvalue weighted by Gasteiger charge is 2.03. The molecule has 0 aliphatic carbocycles. The highest BCUT2D eigenvalue weighted by molar-refractivity contribution is 5.76. The number of aryl methyl sites for hydroxylation is 1. The normalized spacial score (nSPS) is 10.2. The van der Waals surface area contributed by atoms with Gasteiger partial charge < -0.3 is 15.2 Å². The lowest BCUT2D eigenvalue weighted by Crippen LogP contribution is -2.23. The van der Waals surface area contributed by atoms with Gasteiger partial charge in [-0.2, -0.15) is 0 Å². The summed E-state index contributed by atoms with van der Waals surface area (Å²) in [6.07, 6.45) is 3.32. The predicted octanol–water partition coefficient (Wildman–Crippen LogP) is 2.57. The lowest BCUT2D eigenvalue weighted by molar-refractivity contribution is -0.137. The fourth-order valence-corrected chi connectivity index (χ4v) is 2.19. The molecule has 1 aromatic carbocycles. The first kappa shape index (κ1) is 18.4. The number of hydrogen-bond acceptors (Lipinski definition) is 4. The topological polar surface area (TPSA) is 88.5 Å². The minimum atomic E-state index is -0.822. The van der Waals surface area contributed by atoms with E-state index in [1.54, 1.807) is 6.20 Å². The highest BCUT2D eigenvalue weighted by atomic mass is 16.5. The Morgan fingerprint density at radius 3 is 2.56 bits per heavy atom. The van der Waals surface area contributed by atoms with Crippen LogP contribution in [-0.4, -0.2) is 28.6 Å². The molecule has 0 unspecified atom stereocenters.